The second-order valence-corrected chi connectivity index (χ2v) is 8.82. The van der Waals surface area contributed by atoms with Crippen LogP contribution >= 0.6 is 0 Å². The predicted octanol–water partition coefficient (Wildman–Crippen LogP) is 1.68. The zero-order valence-corrected chi connectivity index (χ0v) is 18.7. The van der Waals surface area contributed by atoms with E-state index in [1.54, 1.807) is 0 Å². The number of imide groups is 1. The van der Waals surface area contributed by atoms with Crippen LogP contribution in [0.4, 0.5) is 13.6 Å². The number of ether oxygens (including phenoxy) is 1. The maximum absolute atomic E-state index is 15.2. The van der Waals surface area contributed by atoms with Crippen molar-refractivity contribution >= 4 is 23.8 Å². The normalized spacial score (nSPS) is 19.3. The largest absolute Gasteiger partial charge is 0.443 e. The van der Waals surface area contributed by atoms with Crippen molar-refractivity contribution in [3.8, 4) is 0 Å². The van der Waals surface area contributed by atoms with E-state index in [2.05, 4.69) is 15.7 Å². The van der Waals surface area contributed by atoms with E-state index in [1.165, 1.54) is 0 Å². The zero-order chi connectivity index (χ0) is 24.7. The maximum Gasteiger partial charge on any atom is 0.407 e. The van der Waals surface area contributed by atoms with Crippen LogP contribution in [0, 0.1) is 11.6 Å². The molecule has 5 rings (SSSR count). The van der Waals surface area contributed by atoms with Gasteiger partial charge in [0, 0.05) is 36.3 Å². The molecule has 1 atom stereocenters. The van der Waals surface area contributed by atoms with Gasteiger partial charge in [0.2, 0.25) is 11.8 Å². The Morgan fingerprint density at radius 3 is 2.80 bits per heavy atom. The molecule has 2 aromatic rings. The van der Waals surface area contributed by atoms with Crippen molar-refractivity contribution in [2.24, 2.45) is 0 Å². The van der Waals surface area contributed by atoms with Crippen molar-refractivity contribution in [3.05, 3.63) is 51.8 Å². The molecule has 12 heteroatoms. The Hall–Kier alpha value is -3.83. The topological polar surface area (TPSA) is 123 Å². The average molecular weight is 487 g/mol. The van der Waals surface area contributed by atoms with Crippen molar-refractivity contribution in [1.29, 1.82) is 0 Å². The van der Waals surface area contributed by atoms with Gasteiger partial charge in [-0.05, 0) is 37.8 Å². The maximum atomic E-state index is 15.2. The van der Waals surface area contributed by atoms with Crippen molar-refractivity contribution < 1.29 is 32.7 Å². The minimum Gasteiger partial charge on any atom is -0.443 e. The number of carbonyl (C=O) groups excluding carboxylic acids is 4. The number of alkyl carbamates (subject to hydrolysis) is 1. The second kappa shape index (κ2) is 9.08. The fourth-order valence-corrected chi connectivity index (χ4v) is 4.74. The molecule has 3 aliphatic heterocycles. The van der Waals surface area contributed by atoms with Gasteiger partial charge in [-0.15, -0.1) is 0 Å². The first-order valence-corrected chi connectivity index (χ1v) is 11.4. The van der Waals surface area contributed by atoms with E-state index in [0.29, 0.717) is 5.69 Å². The lowest BCUT2D eigenvalue weighted by atomic mass is 10.0. The third-order valence-electron chi connectivity index (χ3n) is 6.52. The van der Waals surface area contributed by atoms with Crippen LogP contribution in [0.3, 0.4) is 0 Å². The van der Waals surface area contributed by atoms with Crippen molar-refractivity contribution in [2.45, 2.75) is 64.4 Å². The van der Waals surface area contributed by atoms with Crippen LogP contribution in [0.15, 0.2) is 12.1 Å². The number of carbonyl (C=O) groups is 4. The number of hydrogen-bond acceptors (Lipinski definition) is 6. The van der Waals surface area contributed by atoms with Crippen molar-refractivity contribution in [2.75, 3.05) is 0 Å². The Morgan fingerprint density at radius 1 is 1.20 bits per heavy atom. The summed E-state index contributed by atoms with van der Waals surface area (Å²) in [5.41, 5.74) is 0.831. The van der Waals surface area contributed by atoms with Crippen LogP contribution in [0.25, 0.3) is 0 Å². The Morgan fingerprint density at radius 2 is 2.03 bits per heavy atom. The van der Waals surface area contributed by atoms with Crippen LogP contribution in [0.1, 0.15) is 58.6 Å². The molecule has 184 valence electrons. The van der Waals surface area contributed by atoms with E-state index in [0.717, 1.165) is 42.5 Å². The van der Waals surface area contributed by atoms with E-state index < -0.39 is 53.6 Å². The minimum atomic E-state index is -0.989. The van der Waals surface area contributed by atoms with E-state index in [1.807, 2.05) is 10.7 Å². The van der Waals surface area contributed by atoms with Gasteiger partial charge >= 0.3 is 6.09 Å². The van der Waals surface area contributed by atoms with Gasteiger partial charge in [-0.1, -0.05) is 0 Å². The van der Waals surface area contributed by atoms with Gasteiger partial charge in [-0.2, -0.15) is 5.10 Å². The number of amides is 4. The van der Waals surface area contributed by atoms with Gasteiger partial charge in [-0.3, -0.25) is 24.4 Å². The molecule has 1 unspecified atom stereocenters. The van der Waals surface area contributed by atoms with Gasteiger partial charge < -0.3 is 15.0 Å². The fraction of sp³-hybridized carbons (Fsp3) is 0.435. The Bertz CT molecular complexity index is 1220. The highest BCUT2D eigenvalue weighted by Crippen LogP contribution is 2.32. The van der Waals surface area contributed by atoms with Crippen LogP contribution in [0.5, 0.6) is 0 Å². The first-order valence-electron chi connectivity index (χ1n) is 11.4. The van der Waals surface area contributed by atoms with Gasteiger partial charge in [0.15, 0.2) is 0 Å². The third kappa shape index (κ3) is 4.35. The summed E-state index contributed by atoms with van der Waals surface area (Å²) in [7, 11) is 0. The number of rotatable bonds is 5. The van der Waals surface area contributed by atoms with Crippen LogP contribution < -0.4 is 10.6 Å². The number of halogens is 2. The molecule has 4 amide bonds. The van der Waals surface area contributed by atoms with Crippen molar-refractivity contribution in [1.82, 2.24) is 25.3 Å². The van der Waals surface area contributed by atoms with Gasteiger partial charge in [0.1, 0.15) is 30.0 Å². The SMILES string of the molecule is O=C1CCC(N2Cc3c(F)cc(CNC(=O)OCc4cc5n(n4)CCCC5)c(F)c3C2=O)C(=O)N1. The summed E-state index contributed by atoms with van der Waals surface area (Å²) in [4.78, 5) is 49.6. The standard InChI is InChI=1S/C23H23F2N5O5/c24-16-7-12(9-26-23(34)35-11-13-8-14-3-1-2-6-30(14)28-13)20(25)19-15(16)10-29(22(19)33)17-4-5-18(31)27-21(17)32/h7-8,17H,1-6,9-11H2,(H,26,34)(H,27,31,32). The Labute approximate surface area is 198 Å². The number of aryl methyl sites for hydroxylation is 2. The Balaban J connectivity index is 1.23. The van der Waals surface area contributed by atoms with Crippen LogP contribution in [-0.4, -0.2) is 44.5 Å². The molecule has 3 aliphatic rings. The average Bonchev–Trinajstić information content (AvgIpc) is 3.40. The smallest absolute Gasteiger partial charge is 0.407 e. The lowest BCUT2D eigenvalue weighted by Gasteiger charge is -2.29. The number of nitrogens with zero attached hydrogens (tertiary/aromatic N) is 3. The van der Waals surface area contributed by atoms with Crippen LogP contribution in [0.2, 0.25) is 0 Å². The van der Waals surface area contributed by atoms with Gasteiger partial charge in [-0.25, -0.2) is 13.6 Å². The summed E-state index contributed by atoms with van der Waals surface area (Å²) < 4.78 is 36.9. The molecule has 35 heavy (non-hydrogen) atoms. The highest BCUT2D eigenvalue weighted by molar-refractivity contribution is 6.05. The predicted molar refractivity (Wildman–Crippen MR) is 115 cm³/mol. The van der Waals surface area contributed by atoms with E-state index in [-0.39, 0.29) is 37.1 Å². The highest BCUT2D eigenvalue weighted by atomic mass is 19.1. The lowest BCUT2D eigenvalue weighted by Crippen LogP contribution is -2.52. The summed E-state index contributed by atoms with van der Waals surface area (Å²) in [5, 5.41) is 8.88. The summed E-state index contributed by atoms with van der Waals surface area (Å²) in [6.07, 6.45) is 2.32. The molecule has 1 saturated heterocycles. The third-order valence-corrected chi connectivity index (χ3v) is 6.52. The molecule has 2 N–H and O–H groups in total. The first kappa shape index (κ1) is 22.9. The Kier molecular flexibility index (Phi) is 5.95. The molecule has 0 spiro atoms. The number of fused-ring (bicyclic) bond motifs is 2. The molecule has 0 radical (unpaired) electrons. The molecule has 1 aromatic carbocycles. The van der Waals surface area contributed by atoms with E-state index in [4.69, 9.17) is 4.74 Å². The number of hydrogen-bond donors (Lipinski definition) is 2. The highest BCUT2D eigenvalue weighted by Gasteiger charge is 2.42. The number of benzene rings is 1. The summed E-state index contributed by atoms with van der Waals surface area (Å²) in [6.45, 7) is 0.0739. The van der Waals surface area contributed by atoms with Gasteiger partial charge in [0.05, 0.1) is 12.1 Å². The monoisotopic (exact) mass is 487 g/mol. The molecule has 0 aliphatic carbocycles. The molecular formula is C23H23F2N5O5. The fourth-order valence-electron chi connectivity index (χ4n) is 4.74. The second-order valence-electron chi connectivity index (χ2n) is 8.82. The van der Waals surface area contributed by atoms with E-state index in [9.17, 15) is 23.6 Å². The molecule has 10 nitrogen and oxygen atoms in total. The molecule has 1 fully saturated rings. The number of nitrogens with one attached hydrogen (secondary N) is 2. The van der Waals surface area contributed by atoms with Crippen LogP contribution in [-0.2, 0) is 47.0 Å². The number of piperidine rings is 1. The zero-order valence-electron chi connectivity index (χ0n) is 18.7. The first-order chi connectivity index (χ1) is 16.8. The number of aromatic nitrogens is 2. The van der Waals surface area contributed by atoms with Crippen molar-refractivity contribution in [3.63, 3.8) is 0 Å². The molecule has 1 aromatic heterocycles. The molecular weight excluding hydrogens is 464 g/mol. The summed E-state index contributed by atoms with van der Waals surface area (Å²) in [5.74, 6) is -3.76. The van der Waals surface area contributed by atoms with Gasteiger partial charge in [0.25, 0.3) is 5.91 Å². The lowest BCUT2D eigenvalue weighted by molar-refractivity contribution is -0.136. The molecule has 4 heterocycles. The minimum absolute atomic E-state index is 0.0281. The molecule has 0 saturated carbocycles. The summed E-state index contributed by atoms with van der Waals surface area (Å²) in [6, 6.07) is 1.80. The molecule has 0 bridgehead atoms. The summed E-state index contributed by atoms with van der Waals surface area (Å²) >= 11 is 0. The van der Waals surface area contributed by atoms with E-state index >= 15 is 4.39 Å². The quantitative estimate of drug-likeness (QED) is 0.619.